The number of carbonyl (C=O) groups is 1. The SMILES string of the molecule is Cc1ccc(C(=O)N(C)[C@@H](C)c2ccc(-n3cncn3)cc2)c(=O)[nH]1. The van der Waals surface area contributed by atoms with Crippen LogP contribution >= 0.6 is 0 Å². The minimum Gasteiger partial charge on any atom is -0.335 e. The number of pyridine rings is 1. The van der Waals surface area contributed by atoms with E-state index in [0.717, 1.165) is 16.9 Å². The van der Waals surface area contributed by atoms with E-state index in [9.17, 15) is 9.59 Å². The number of carbonyl (C=O) groups excluding carboxylic acids is 1. The van der Waals surface area contributed by atoms with E-state index in [4.69, 9.17) is 0 Å². The molecule has 0 saturated carbocycles. The number of hydrogen-bond acceptors (Lipinski definition) is 4. The van der Waals surface area contributed by atoms with E-state index in [1.807, 2.05) is 31.2 Å². The first-order valence-electron chi connectivity index (χ1n) is 7.89. The number of H-pyrrole nitrogens is 1. The van der Waals surface area contributed by atoms with Crippen LogP contribution in [0.1, 0.15) is 34.6 Å². The third-order valence-electron chi connectivity index (χ3n) is 4.25. The molecular formula is C18H19N5O2. The van der Waals surface area contributed by atoms with Crippen molar-refractivity contribution in [1.82, 2.24) is 24.6 Å². The summed E-state index contributed by atoms with van der Waals surface area (Å²) in [5, 5.41) is 4.08. The maximum atomic E-state index is 12.6. The number of benzene rings is 1. The molecule has 0 fully saturated rings. The Morgan fingerprint density at radius 2 is 1.92 bits per heavy atom. The molecule has 128 valence electrons. The van der Waals surface area contributed by atoms with Gasteiger partial charge in [-0.2, -0.15) is 5.10 Å². The van der Waals surface area contributed by atoms with Crippen LogP contribution in [0.25, 0.3) is 5.69 Å². The van der Waals surface area contributed by atoms with Crippen LogP contribution in [-0.2, 0) is 0 Å². The molecule has 3 aromatic rings. The van der Waals surface area contributed by atoms with Crippen molar-refractivity contribution >= 4 is 5.91 Å². The quantitative estimate of drug-likeness (QED) is 0.790. The monoisotopic (exact) mass is 337 g/mol. The molecular weight excluding hydrogens is 318 g/mol. The smallest absolute Gasteiger partial charge is 0.260 e. The molecule has 0 saturated heterocycles. The molecule has 2 heterocycles. The van der Waals surface area contributed by atoms with Gasteiger partial charge in [0.05, 0.1) is 11.7 Å². The highest BCUT2D eigenvalue weighted by Crippen LogP contribution is 2.21. The van der Waals surface area contributed by atoms with Crippen LogP contribution < -0.4 is 5.56 Å². The van der Waals surface area contributed by atoms with Crippen molar-refractivity contribution < 1.29 is 4.79 Å². The van der Waals surface area contributed by atoms with E-state index in [-0.39, 0.29) is 23.1 Å². The Kier molecular flexibility index (Phi) is 4.47. The van der Waals surface area contributed by atoms with Gasteiger partial charge in [-0.25, -0.2) is 9.67 Å². The molecule has 25 heavy (non-hydrogen) atoms. The van der Waals surface area contributed by atoms with E-state index in [1.165, 1.54) is 6.33 Å². The van der Waals surface area contributed by atoms with Crippen molar-refractivity contribution in [3.8, 4) is 5.69 Å². The van der Waals surface area contributed by atoms with E-state index in [0.29, 0.717) is 0 Å². The number of aryl methyl sites for hydroxylation is 1. The van der Waals surface area contributed by atoms with Crippen LogP contribution in [0.15, 0.2) is 53.8 Å². The molecule has 0 radical (unpaired) electrons. The summed E-state index contributed by atoms with van der Waals surface area (Å²) in [6, 6.07) is 10.8. The number of aromatic nitrogens is 4. The average Bonchev–Trinajstić information content (AvgIpc) is 3.15. The van der Waals surface area contributed by atoms with E-state index in [1.54, 1.807) is 42.0 Å². The van der Waals surface area contributed by atoms with Gasteiger partial charge in [-0.3, -0.25) is 9.59 Å². The number of nitrogens with zero attached hydrogens (tertiary/aromatic N) is 4. The number of aromatic amines is 1. The zero-order valence-electron chi connectivity index (χ0n) is 14.3. The van der Waals surface area contributed by atoms with Crippen molar-refractivity contribution in [2.24, 2.45) is 0 Å². The standard InChI is InChI=1S/C18H19N5O2/c1-12-4-9-16(17(24)21-12)18(25)22(3)13(2)14-5-7-15(8-6-14)23-11-19-10-20-23/h4-11,13H,1-3H3,(H,21,24)/t13-/m0/s1. The van der Waals surface area contributed by atoms with Gasteiger partial charge in [0, 0.05) is 12.7 Å². The van der Waals surface area contributed by atoms with Crippen LogP contribution in [-0.4, -0.2) is 37.6 Å². The van der Waals surface area contributed by atoms with Crippen LogP contribution in [0.5, 0.6) is 0 Å². The molecule has 3 rings (SSSR count). The fourth-order valence-electron chi connectivity index (χ4n) is 2.58. The fraction of sp³-hybridized carbons (Fsp3) is 0.222. The summed E-state index contributed by atoms with van der Waals surface area (Å²) in [7, 11) is 1.69. The van der Waals surface area contributed by atoms with Crippen LogP contribution in [0.3, 0.4) is 0 Å². The Morgan fingerprint density at radius 1 is 1.20 bits per heavy atom. The molecule has 2 aromatic heterocycles. The van der Waals surface area contributed by atoms with Gasteiger partial charge < -0.3 is 9.88 Å². The Balaban J connectivity index is 1.81. The van der Waals surface area contributed by atoms with Crippen molar-refractivity contribution in [2.45, 2.75) is 19.9 Å². The molecule has 1 N–H and O–H groups in total. The summed E-state index contributed by atoms with van der Waals surface area (Å²) < 4.78 is 1.66. The predicted octanol–water partition coefficient (Wildman–Crippen LogP) is 2.10. The van der Waals surface area contributed by atoms with Crippen molar-refractivity contribution in [2.75, 3.05) is 7.05 Å². The lowest BCUT2D eigenvalue weighted by atomic mass is 10.1. The summed E-state index contributed by atoms with van der Waals surface area (Å²) in [6.45, 7) is 3.70. The first kappa shape index (κ1) is 16.6. The molecule has 7 nitrogen and oxygen atoms in total. The number of nitrogens with one attached hydrogen (secondary N) is 1. The van der Waals surface area contributed by atoms with E-state index < -0.39 is 0 Å². The van der Waals surface area contributed by atoms with Gasteiger partial charge in [0.2, 0.25) is 0 Å². The molecule has 0 aliphatic rings. The second kappa shape index (κ2) is 6.72. The highest BCUT2D eigenvalue weighted by Gasteiger charge is 2.21. The Hall–Kier alpha value is -3.22. The summed E-state index contributed by atoms with van der Waals surface area (Å²) in [5.74, 6) is -0.311. The largest absolute Gasteiger partial charge is 0.335 e. The van der Waals surface area contributed by atoms with E-state index in [2.05, 4.69) is 15.1 Å². The highest BCUT2D eigenvalue weighted by molar-refractivity contribution is 5.93. The Morgan fingerprint density at radius 3 is 2.52 bits per heavy atom. The normalized spacial score (nSPS) is 12.0. The molecule has 1 aromatic carbocycles. The maximum Gasteiger partial charge on any atom is 0.260 e. The predicted molar refractivity (Wildman–Crippen MR) is 93.7 cm³/mol. The molecule has 0 unspecified atom stereocenters. The minimum atomic E-state index is -0.370. The highest BCUT2D eigenvalue weighted by atomic mass is 16.2. The van der Waals surface area contributed by atoms with Crippen molar-refractivity contribution in [3.05, 3.63) is 76.2 Å². The zero-order valence-corrected chi connectivity index (χ0v) is 14.3. The molecule has 0 aliphatic carbocycles. The summed E-state index contributed by atoms with van der Waals surface area (Å²) in [4.78, 5) is 32.8. The molecule has 1 atom stereocenters. The van der Waals surface area contributed by atoms with Crippen molar-refractivity contribution in [3.63, 3.8) is 0 Å². The average molecular weight is 337 g/mol. The van der Waals surface area contributed by atoms with Gasteiger partial charge in [-0.1, -0.05) is 12.1 Å². The Bertz CT molecular complexity index is 929. The first-order valence-corrected chi connectivity index (χ1v) is 7.89. The van der Waals surface area contributed by atoms with Gasteiger partial charge in [0.25, 0.3) is 11.5 Å². The topological polar surface area (TPSA) is 83.9 Å². The lowest BCUT2D eigenvalue weighted by molar-refractivity contribution is 0.0741. The zero-order chi connectivity index (χ0) is 18.0. The number of hydrogen-bond donors (Lipinski definition) is 1. The van der Waals surface area contributed by atoms with Crippen molar-refractivity contribution in [1.29, 1.82) is 0 Å². The second-order valence-corrected chi connectivity index (χ2v) is 5.91. The van der Waals surface area contributed by atoms with Crippen LogP contribution in [0.4, 0.5) is 0 Å². The van der Waals surface area contributed by atoms with Gasteiger partial charge in [0.1, 0.15) is 18.2 Å². The van der Waals surface area contributed by atoms with Crippen LogP contribution in [0.2, 0.25) is 0 Å². The summed E-state index contributed by atoms with van der Waals surface area (Å²) in [5.41, 5.74) is 2.34. The Labute approximate surface area is 144 Å². The molecule has 0 aliphatic heterocycles. The lowest BCUT2D eigenvalue weighted by Gasteiger charge is -2.25. The van der Waals surface area contributed by atoms with Gasteiger partial charge >= 0.3 is 0 Å². The van der Waals surface area contributed by atoms with Gasteiger partial charge in [-0.05, 0) is 43.7 Å². The molecule has 0 bridgehead atoms. The number of amides is 1. The first-order chi connectivity index (χ1) is 12.0. The summed E-state index contributed by atoms with van der Waals surface area (Å²) >= 11 is 0. The maximum absolute atomic E-state index is 12.6. The molecule has 1 amide bonds. The second-order valence-electron chi connectivity index (χ2n) is 5.91. The molecule has 0 spiro atoms. The number of rotatable bonds is 4. The summed E-state index contributed by atoms with van der Waals surface area (Å²) in [6.07, 6.45) is 3.10. The lowest BCUT2D eigenvalue weighted by Crippen LogP contribution is -2.33. The van der Waals surface area contributed by atoms with Gasteiger partial charge in [-0.15, -0.1) is 0 Å². The minimum absolute atomic E-state index is 0.138. The molecule has 7 heteroatoms. The van der Waals surface area contributed by atoms with E-state index >= 15 is 0 Å². The fourth-order valence-corrected chi connectivity index (χ4v) is 2.58. The third kappa shape index (κ3) is 3.35. The van der Waals surface area contributed by atoms with Crippen LogP contribution in [0, 0.1) is 6.92 Å². The van der Waals surface area contributed by atoms with Gasteiger partial charge in [0.15, 0.2) is 0 Å². The third-order valence-corrected chi connectivity index (χ3v) is 4.25.